The molecule has 0 saturated heterocycles. The molecule has 0 aliphatic heterocycles. The number of carbonyl (C=O) groups excluding carboxylic acids is 2. The second-order valence-corrected chi connectivity index (χ2v) is 6.44. The number of aryl methyl sites for hydroxylation is 1. The summed E-state index contributed by atoms with van der Waals surface area (Å²) < 4.78 is 0. The van der Waals surface area contributed by atoms with E-state index in [0.717, 1.165) is 24.0 Å². The summed E-state index contributed by atoms with van der Waals surface area (Å²) in [6.45, 7) is 10.5. The van der Waals surface area contributed by atoms with Crippen LogP contribution in [0.2, 0.25) is 0 Å². The van der Waals surface area contributed by atoms with Crippen LogP contribution in [0, 0.1) is 6.92 Å². The van der Waals surface area contributed by atoms with Gasteiger partial charge >= 0.3 is 0 Å². The maximum absolute atomic E-state index is 12.7. The Balaban J connectivity index is 3.04. The van der Waals surface area contributed by atoms with Gasteiger partial charge in [-0.2, -0.15) is 0 Å². The van der Waals surface area contributed by atoms with Crippen molar-refractivity contribution >= 4 is 11.8 Å². The summed E-state index contributed by atoms with van der Waals surface area (Å²) in [5.74, 6) is -0.00297. The molecule has 2 atom stereocenters. The summed E-state index contributed by atoms with van der Waals surface area (Å²) >= 11 is 0. The van der Waals surface area contributed by atoms with Crippen LogP contribution in [0.5, 0.6) is 0 Å². The molecule has 24 heavy (non-hydrogen) atoms. The first-order chi connectivity index (χ1) is 11.4. The highest BCUT2D eigenvalue weighted by Crippen LogP contribution is 2.17. The van der Waals surface area contributed by atoms with Crippen molar-refractivity contribution in [1.29, 1.82) is 0 Å². The third kappa shape index (κ3) is 5.66. The van der Waals surface area contributed by atoms with E-state index >= 15 is 0 Å². The second kappa shape index (κ2) is 10.1. The van der Waals surface area contributed by atoms with Gasteiger partial charge in [0.2, 0.25) is 11.8 Å². The molecule has 0 fully saturated rings. The van der Waals surface area contributed by atoms with E-state index in [2.05, 4.69) is 5.32 Å². The molecule has 0 spiro atoms. The van der Waals surface area contributed by atoms with Crippen molar-refractivity contribution in [2.24, 2.45) is 0 Å². The lowest BCUT2D eigenvalue weighted by Crippen LogP contribution is -2.50. The van der Waals surface area contributed by atoms with Crippen LogP contribution >= 0.6 is 0 Å². The number of nitrogens with zero attached hydrogens (tertiary/aromatic N) is 1. The van der Waals surface area contributed by atoms with Gasteiger partial charge in [0.1, 0.15) is 6.04 Å². The molecule has 0 aliphatic carbocycles. The van der Waals surface area contributed by atoms with Crippen LogP contribution in [-0.2, 0) is 16.1 Å². The Morgan fingerprint density at radius 2 is 1.79 bits per heavy atom. The smallest absolute Gasteiger partial charge is 0.243 e. The molecule has 4 heteroatoms. The number of hydrogen-bond acceptors (Lipinski definition) is 2. The van der Waals surface area contributed by atoms with Gasteiger partial charge in [0.15, 0.2) is 0 Å². The van der Waals surface area contributed by atoms with Crippen LogP contribution in [0.1, 0.15) is 64.5 Å². The molecular formula is C20H32N2O2. The van der Waals surface area contributed by atoms with Crippen LogP contribution in [0.15, 0.2) is 24.3 Å². The van der Waals surface area contributed by atoms with E-state index in [1.165, 1.54) is 0 Å². The second-order valence-electron chi connectivity index (χ2n) is 6.44. The Hall–Kier alpha value is -1.84. The van der Waals surface area contributed by atoms with Crippen molar-refractivity contribution in [3.05, 3.63) is 35.4 Å². The summed E-state index contributed by atoms with van der Waals surface area (Å²) in [5, 5.41) is 3.03. The third-order valence-corrected chi connectivity index (χ3v) is 4.45. The fourth-order valence-electron chi connectivity index (χ4n) is 2.69. The monoisotopic (exact) mass is 332 g/mol. The Labute approximate surface area is 146 Å². The Morgan fingerprint density at radius 3 is 2.33 bits per heavy atom. The number of amides is 2. The lowest BCUT2D eigenvalue weighted by molar-refractivity contribution is -0.141. The molecule has 0 aliphatic rings. The maximum atomic E-state index is 12.7. The lowest BCUT2D eigenvalue weighted by Gasteiger charge is -2.32. The largest absolute Gasteiger partial charge is 0.352 e. The fourth-order valence-corrected chi connectivity index (χ4v) is 2.69. The third-order valence-electron chi connectivity index (χ3n) is 4.45. The van der Waals surface area contributed by atoms with Gasteiger partial charge in [-0.1, -0.05) is 45.0 Å². The Bertz CT molecular complexity index is 542. The highest BCUT2D eigenvalue weighted by Gasteiger charge is 2.28. The minimum Gasteiger partial charge on any atom is -0.352 e. The van der Waals surface area contributed by atoms with Gasteiger partial charge in [-0.15, -0.1) is 0 Å². The number of nitrogens with one attached hydrogen (secondary N) is 1. The summed E-state index contributed by atoms with van der Waals surface area (Å²) in [6, 6.07) is 7.74. The fraction of sp³-hybridized carbons (Fsp3) is 0.600. The zero-order valence-electron chi connectivity index (χ0n) is 15.8. The van der Waals surface area contributed by atoms with Crippen LogP contribution in [0.3, 0.4) is 0 Å². The van der Waals surface area contributed by atoms with Gasteiger partial charge in [-0.05, 0) is 44.2 Å². The first kappa shape index (κ1) is 20.2. The zero-order valence-corrected chi connectivity index (χ0v) is 15.8. The van der Waals surface area contributed by atoms with Gasteiger partial charge < -0.3 is 10.2 Å². The molecule has 134 valence electrons. The predicted octanol–water partition coefficient (Wildman–Crippen LogP) is 3.82. The average molecular weight is 332 g/mol. The van der Waals surface area contributed by atoms with E-state index in [1.807, 2.05) is 58.9 Å². The Kier molecular flexibility index (Phi) is 8.51. The SMILES string of the molecule is CCCC(=O)N(Cc1ccccc1C)[C@@H](CC)C(=O)N[C@@H](C)CC. The number of hydrogen-bond donors (Lipinski definition) is 1. The van der Waals surface area contributed by atoms with Crippen molar-refractivity contribution in [2.75, 3.05) is 0 Å². The number of benzene rings is 1. The standard InChI is InChI=1S/C20H32N2O2/c1-6-11-19(23)22(14-17-13-10-9-12-15(17)4)18(8-3)20(24)21-16(5)7-2/h9-10,12-13,16,18H,6-8,11,14H2,1-5H3,(H,21,24)/t16-,18-/m0/s1. The summed E-state index contributed by atoms with van der Waals surface area (Å²) in [4.78, 5) is 27.1. The molecule has 1 aromatic rings. The minimum atomic E-state index is -0.419. The molecule has 1 aromatic carbocycles. The average Bonchev–Trinajstić information content (AvgIpc) is 2.56. The van der Waals surface area contributed by atoms with Crippen LogP contribution in [-0.4, -0.2) is 28.8 Å². The van der Waals surface area contributed by atoms with Crippen LogP contribution in [0.4, 0.5) is 0 Å². The van der Waals surface area contributed by atoms with Crippen molar-refractivity contribution in [3.63, 3.8) is 0 Å². The first-order valence-corrected chi connectivity index (χ1v) is 9.08. The normalized spacial score (nSPS) is 13.2. The molecule has 0 unspecified atom stereocenters. The van der Waals surface area contributed by atoms with Crippen molar-refractivity contribution in [3.8, 4) is 0 Å². The van der Waals surface area contributed by atoms with E-state index < -0.39 is 6.04 Å². The molecule has 0 saturated carbocycles. The van der Waals surface area contributed by atoms with Crippen LogP contribution in [0.25, 0.3) is 0 Å². The summed E-state index contributed by atoms with van der Waals surface area (Å²) in [5.41, 5.74) is 2.24. The van der Waals surface area contributed by atoms with Crippen LogP contribution < -0.4 is 5.32 Å². The predicted molar refractivity (Wildman–Crippen MR) is 98.6 cm³/mol. The van der Waals surface area contributed by atoms with E-state index in [9.17, 15) is 9.59 Å². The molecule has 2 amide bonds. The molecule has 1 rings (SSSR count). The van der Waals surface area contributed by atoms with Gasteiger partial charge in [0.25, 0.3) is 0 Å². The molecule has 4 nitrogen and oxygen atoms in total. The zero-order chi connectivity index (χ0) is 18.1. The van der Waals surface area contributed by atoms with Crippen molar-refractivity contribution < 1.29 is 9.59 Å². The number of carbonyl (C=O) groups is 2. The quantitative estimate of drug-likeness (QED) is 0.747. The van der Waals surface area contributed by atoms with Crippen molar-refractivity contribution in [1.82, 2.24) is 10.2 Å². The molecule has 0 radical (unpaired) electrons. The highest BCUT2D eigenvalue weighted by molar-refractivity contribution is 5.87. The van der Waals surface area contributed by atoms with E-state index in [4.69, 9.17) is 0 Å². The van der Waals surface area contributed by atoms with Gasteiger partial charge in [-0.25, -0.2) is 0 Å². The van der Waals surface area contributed by atoms with E-state index in [1.54, 1.807) is 4.90 Å². The maximum Gasteiger partial charge on any atom is 0.243 e. The van der Waals surface area contributed by atoms with Gasteiger partial charge in [-0.3, -0.25) is 9.59 Å². The topological polar surface area (TPSA) is 49.4 Å². The molecule has 0 heterocycles. The van der Waals surface area contributed by atoms with Gasteiger partial charge in [0.05, 0.1) is 0 Å². The summed E-state index contributed by atoms with van der Waals surface area (Å²) in [6.07, 6.45) is 2.75. The van der Waals surface area contributed by atoms with Crippen molar-refractivity contribution in [2.45, 2.75) is 78.9 Å². The first-order valence-electron chi connectivity index (χ1n) is 9.08. The molecule has 1 N–H and O–H groups in total. The Morgan fingerprint density at radius 1 is 1.12 bits per heavy atom. The van der Waals surface area contributed by atoms with E-state index in [0.29, 0.717) is 19.4 Å². The van der Waals surface area contributed by atoms with Gasteiger partial charge in [0, 0.05) is 19.0 Å². The lowest BCUT2D eigenvalue weighted by atomic mass is 10.0. The number of rotatable bonds is 9. The molecular weight excluding hydrogens is 300 g/mol. The van der Waals surface area contributed by atoms with E-state index in [-0.39, 0.29) is 17.9 Å². The summed E-state index contributed by atoms with van der Waals surface area (Å²) in [7, 11) is 0. The highest BCUT2D eigenvalue weighted by atomic mass is 16.2. The molecule has 0 bridgehead atoms. The molecule has 0 aromatic heterocycles. The minimum absolute atomic E-state index is 0.0481.